The van der Waals surface area contributed by atoms with E-state index in [4.69, 9.17) is 4.74 Å². The Kier molecular flexibility index (Phi) is 5.74. The molecule has 0 bridgehead atoms. The van der Waals surface area contributed by atoms with Crippen LogP contribution >= 0.6 is 0 Å². The summed E-state index contributed by atoms with van der Waals surface area (Å²) in [6.45, 7) is 2.80. The van der Waals surface area contributed by atoms with Crippen molar-refractivity contribution in [1.29, 1.82) is 0 Å². The lowest BCUT2D eigenvalue weighted by Gasteiger charge is -2.08. The largest absolute Gasteiger partial charge is 0.494 e. The first-order chi connectivity index (χ1) is 11.0. The number of carbonyl (C=O) groups excluding carboxylic acids is 1. The molecule has 2 aromatic rings. The van der Waals surface area contributed by atoms with Gasteiger partial charge in [-0.25, -0.2) is 4.79 Å². The first-order valence-electron chi connectivity index (χ1n) is 7.30. The number of ether oxygens (including phenoxy) is 1. The van der Waals surface area contributed by atoms with Crippen molar-refractivity contribution in [3.63, 3.8) is 0 Å². The van der Waals surface area contributed by atoms with E-state index in [0.717, 1.165) is 15.9 Å². The number of aromatic nitrogens is 2. The molecule has 0 radical (unpaired) electrons. The van der Waals surface area contributed by atoms with E-state index in [1.165, 1.54) is 12.3 Å². The highest BCUT2D eigenvalue weighted by molar-refractivity contribution is 5.75. The van der Waals surface area contributed by atoms with Gasteiger partial charge < -0.3 is 10.1 Å². The van der Waals surface area contributed by atoms with Crippen LogP contribution in [0.3, 0.4) is 0 Å². The van der Waals surface area contributed by atoms with Gasteiger partial charge in [-0.1, -0.05) is 12.1 Å². The Morgan fingerprint density at radius 2 is 2.13 bits per heavy atom. The molecule has 0 saturated heterocycles. The summed E-state index contributed by atoms with van der Waals surface area (Å²) in [5, 5.41) is 2.70. The minimum Gasteiger partial charge on any atom is -0.494 e. The molecule has 7 heteroatoms. The lowest BCUT2D eigenvalue weighted by Crippen LogP contribution is -2.35. The van der Waals surface area contributed by atoms with Gasteiger partial charge in [-0.3, -0.25) is 19.1 Å². The third-order valence-electron chi connectivity index (χ3n) is 3.11. The van der Waals surface area contributed by atoms with Gasteiger partial charge in [0.2, 0.25) is 5.91 Å². The Morgan fingerprint density at radius 3 is 2.87 bits per heavy atom. The number of hydrogen-bond acceptors (Lipinski definition) is 4. The van der Waals surface area contributed by atoms with Crippen LogP contribution in [0.5, 0.6) is 5.75 Å². The lowest BCUT2D eigenvalue weighted by atomic mass is 10.2. The number of carbonyl (C=O) groups is 1. The monoisotopic (exact) mass is 317 g/mol. The highest BCUT2D eigenvalue weighted by Gasteiger charge is 2.04. The highest BCUT2D eigenvalue weighted by atomic mass is 16.5. The zero-order chi connectivity index (χ0) is 16.7. The van der Waals surface area contributed by atoms with Gasteiger partial charge in [0, 0.05) is 18.8 Å². The van der Waals surface area contributed by atoms with Crippen molar-refractivity contribution in [2.24, 2.45) is 0 Å². The summed E-state index contributed by atoms with van der Waals surface area (Å²) in [4.78, 5) is 36.2. The van der Waals surface area contributed by atoms with Crippen LogP contribution in [0.2, 0.25) is 0 Å². The van der Waals surface area contributed by atoms with E-state index in [1.54, 1.807) is 0 Å². The van der Waals surface area contributed by atoms with Crippen molar-refractivity contribution in [2.45, 2.75) is 19.9 Å². The fourth-order valence-corrected chi connectivity index (χ4v) is 1.97. The summed E-state index contributed by atoms with van der Waals surface area (Å²) in [5.41, 5.74) is 0.0394. The molecule has 0 aliphatic rings. The Bertz CT molecular complexity index is 779. The summed E-state index contributed by atoms with van der Waals surface area (Å²) in [6.07, 6.45) is 1.95. The zero-order valence-electron chi connectivity index (χ0n) is 12.9. The van der Waals surface area contributed by atoms with Gasteiger partial charge in [-0.2, -0.15) is 0 Å². The second-order valence-corrected chi connectivity index (χ2v) is 5.11. The number of rotatable bonds is 7. The van der Waals surface area contributed by atoms with E-state index in [2.05, 4.69) is 10.3 Å². The molecule has 1 aromatic heterocycles. The molecule has 0 fully saturated rings. The summed E-state index contributed by atoms with van der Waals surface area (Å²) in [6, 6.07) is 8.94. The molecule has 1 aromatic carbocycles. The molecule has 1 heterocycles. The van der Waals surface area contributed by atoms with Crippen LogP contribution in [0.25, 0.3) is 0 Å². The molecule has 0 atom stereocenters. The predicted octanol–water partition coefficient (Wildman–Crippen LogP) is 0.430. The fourth-order valence-electron chi connectivity index (χ4n) is 1.97. The number of nitrogens with one attached hydrogen (secondary N) is 2. The molecule has 0 saturated carbocycles. The van der Waals surface area contributed by atoms with E-state index >= 15 is 0 Å². The van der Waals surface area contributed by atoms with Crippen LogP contribution in [-0.2, 0) is 11.3 Å². The van der Waals surface area contributed by atoms with E-state index in [1.807, 2.05) is 31.2 Å². The molecular formula is C16H19N3O4. The van der Waals surface area contributed by atoms with Crippen molar-refractivity contribution >= 4 is 5.91 Å². The van der Waals surface area contributed by atoms with Gasteiger partial charge in [-0.15, -0.1) is 0 Å². The van der Waals surface area contributed by atoms with Crippen molar-refractivity contribution < 1.29 is 9.53 Å². The number of aryl methyl sites for hydroxylation is 1. The second kappa shape index (κ2) is 7.98. The van der Waals surface area contributed by atoms with Crippen LogP contribution < -0.4 is 21.3 Å². The SMILES string of the molecule is Cc1cccc(OCCCNC(=O)Cn2ccc(=O)[nH]c2=O)c1. The zero-order valence-corrected chi connectivity index (χ0v) is 12.9. The van der Waals surface area contributed by atoms with Crippen LogP contribution in [0, 0.1) is 6.92 Å². The normalized spacial score (nSPS) is 10.3. The number of hydrogen-bond donors (Lipinski definition) is 2. The van der Waals surface area contributed by atoms with E-state index < -0.39 is 11.2 Å². The Morgan fingerprint density at radius 1 is 1.30 bits per heavy atom. The molecule has 0 aliphatic carbocycles. The van der Waals surface area contributed by atoms with Gasteiger partial charge in [-0.05, 0) is 31.0 Å². The number of H-pyrrole nitrogens is 1. The van der Waals surface area contributed by atoms with E-state index in [0.29, 0.717) is 19.6 Å². The maximum atomic E-state index is 11.7. The van der Waals surface area contributed by atoms with Gasteiger partial charge in [0.25, 0.3) is 5.56 Å². The first kappa shape index (κ1) is 16.5. The average Bonchev–Trinajstić information content (AvgIpc) is 2.50. The summed E-state index contributed by atoms with van der Waals surface area (Å²) in [7, 11) is 0. The first-order valence-corrected chi connectivity index (χ1v) is 7.30. The summed E-state index contributed by atoms with van der Waals surface area (Å²) in [5.74, 6) is 0.505. The predicted molar refractivity (Wildman–Crippen MR) is 85.6 cm³/mol. The van der Waals surface area contributed by atoms with Crippen molar-refractivity contribution in [1.82, 2.24) is 14.9 Å². The van der Waals surface area contributed by atoms with Gasteiger partial charge >= 0.3 is 5.69 Å². The van der Waals surface area contributed by atoms with E-state index in [9.17, 15) is 14.4 Å². The van der Waals surface area contributed by atoms with Crippen LogP contribution in [0.4, 0.5) is 0 Å². The van der Waals surface area contributed by atoms with Crippen molar-refractivity contribution in [2.75, 3.05) is 13.2 Å². The Hall–Kier alpha value is -2.83. The summed E-state index contributed by atoms with van der Waals surface area (Å²) >= 11 is 0. The fraction of sp³-hybridized carbons (Fsp3) is 0.312. The maximum Gasteiger partial charge on any atom is 0.328 e. The molecule has 23 heavy (non-hydrogen) atoms. The van der Waals surface area contributed by atoms with Crippen LogP contribution in [0.15, 0.2) is 46.1 Å². The minimum absolute atomic E-state index is 0.131. The standard InChI is InChI=1S/C16H19N3O4/c1-12-4-2-5-13(10-12)23-9-3-7-17-15(21)11-19-8-6-14(20)18-16(19)22/h2,4-6,8,10H,3,7,9,11H2,1H3,(H,17,21)(H,18,20,22). The van der Waals surface area contributed by atoms with Crippen molar-refractivity contribution in [3.05, 3.63) is 62.9 Å². The molecule has 1 amide bonds. The second-order valence-electron chi connectivity index (χ2n) is 5.11. The van der Waals surface area contributed by atoms with E-state index in [-0.39, 0.29) is 12.5 Å². The number of benzene rings is 1. The third kappa shape index (κ3) is 5.46. The third-order valence-corrected chi connectivity index (χ3v) is 3.11. The minimum atomic E-state index is -0.601. The maximum absolute atomic E-state index is 11.7. The molecule has 0 unspecified atom stereocenters. The Labute approximate surface area is 132 Å². The molecule has 2 rings (SSSR count). The quantitative estimate of drug-likeness (QED) is 0.724. The Balaban J connectivity index is 1.69. The smallest absolute Gasteiger partial charge is 0.328 e. The van der Waals surface area contributed by atoms with Gasteiger partial charge in [0.15, 0.2) is 0 Å². The number of nitrogens with zero attached hydrogens (tertiary/aromatic N) is 1. The molecule has 2 N–H and O–H groups in total. The lowest BCUT2D eigenvalue weighted by molar-refractivity contribution is -0.121. The number of amides is 1. The highest BCUT2D eigenvalue weighted by Crippen LogP contribution is 2.12. The van der Waals surface area contributed by atoms with Gasteiger partial charge in [0.05, 0.1) is 6.61 Å². The topological polar surface area (TPSA) is 93.2 Å². The molecule has 7 nitrogen and oxygen atoms in total. The molecule has 0 aliphatic heterocycles. The average molecular weight is 317 g/mol. The number of aromatic amines is 1. The van der Waals surface area contributed by atoms with Crippen molar-refractivity contribution in [3.8, 4) is 5.75 Å². The van der Waals surface area contributed by atoms with Crippen LogP contribution in [0.1, 0.15) is 12.0 Å². The molecular weight excluding hydrogens is 298 g/mol. The van der Waals surface area contributed by atoms with Crippen LogP contribution in [-0.4, -0.2) is 28.6 Å². The summed E-state index contributed by atoms with van der Waals surface area (Å²) < 4.78 is 6.71. The molecule has 122 valence electrons. The molecule has 0 spiro atoms. The van der Waals surface area contributed by atoms with Gasteiger partial charge in [0.1, 0.15) is 12.3 Å².